The molecule has 0 heterocycles. The van der Waals surface area contributed by atoms with Gasteiger partial charge in [0.1, 0.15) is 0 Å². The standard InChI is InChI=1S/C12H26N2O2S/c1-9(17(6)16)7-8-14-10(15)11(2,3)12(4,5)13/h9H,7-8,13H2,1-6H3,(H,14,15). The summed E-state index contributed by atoms with van der Waals surface area (Å²) in [7, 11) is -0.839. The van der Waals surface area contributed by atoms with Crippen LogP contribution in [-0.2, 0) is 15.6 Å². The van der Waals surface area contributed by atoms with Crippen molar-refractivity contribution in [1.82, 2.24) is 5.32 Å². The van der Waals surface area contributed by atoms with Gasteiger partial charge in [-0.1, -0.05) is 6.92 Å². The van der Waals surface area contributed by atoms with Gasteiger partial charge in [0.2, 0.25) is 5.91 Å². The summed E-state index contributed by atoms with van der Waals surface area (Å²) in [6.45, 7) is 9.82. The average Bonchev–Trinajstić information content (AvgIpc) is 2.15. The Morgan fingerprint density at radius 2 is 1.82 bits per heavy atom. The van der Waals surface area contributed by atoms with Crippen molar-refractivity contribution in [1.29, 1.82) is 0 Å². The van der Waals surface area contributed by atoms with Crippen molar-refractivity contribution in [3.05, 3.63) is 0 Å². The molecule has 5 heteroatoms. The molecule has 0 aromatic rings. The second-order valence-electron chi connectivity index (χ2n) is 5.70. The molecule has 17 heavy (non-hydrogen) atoms. The van der Waals surface area contributed by atoms with Gasteiger partial charge in [0, 0.05) is 34.4 Å². The van der Waals surface area contributed by atoms with Crippen molar-refractivity contribution in [2.75, 3.05) is 12.8 Å². The van der Waals surface area contributed by atoms with Crippen molar-refractivity contribution in [2.24, 2.45) is 11.1 Å². The predicted octanol–water partition coefficient (Wildman–Crippen LogP) is 1.02. The number of amides is 1. The maximum absolute atomic E-state index is 12.0. The average molecular weight is 262 g/mol. The highest BCUT2D eigenvalue weighted by Gasteiger charge is 2.40. The van der Waals surface area contributed by atoms with Gasteiger partial charge in [-0.2, -0.15) is 0 Å². The number of nitrogens with two attached hydrogens (primary N) is 1. The minimum atomic E-state index is -0.839. The Hall–Kier alpha value is -0.420. The molecule has 0 fully saturated rings. The van der Waals surface area contributed by atoms with Crippen molar-refractivity contribution >= 4 is 16.7 Å². The second-order valence-corrected chi connectivity index (χ2v) is 7.50. The highest BCUT2D eigenvalue weighted by molar-refractivity contribution is 7.84. The quantitative estimate of drug-likeness (QED) is 0.751. The van der Waals surface area contributed by atoms with Crippen LogP contribution in [0.4, 0.5) is 0 Å². The van der Waals surface area contributed by atoms with Crippen LogP contribution in [0.3, 0.4) is 0 Å². The second kappa shape index (κ2) is 5.96. The highest BCUT2D eigenvalue weighted by atomic mass is 32.2. The van der Waals surface area contributed by atoms with Gasteiger partial charge >= 0.3 is 0 Å². The van der Waals surface area contributed by atoms with Crippen LogP contribution in [0.1, 0.15) is 41.0 Å². The Morgan fingerprint density at radius 3 is 2.18 bits per heavy atom. The van der Waals surface area contributed by atoms with Crippen molar-refractivity contribution < 1.29 is 9.00 Å². The van der Waals surface area contributed by atoms with Gasteiger partial charge in [-0.15, -0.1) is 0 Å². The fourth-order valence-corrected chi connectivity index (χ4v) is 1.52. The summed E-state index contributed by atoms with van der Waals surface area (Å²) in [5.41, 5.74) is 4.79. The summed E-state index contributed by atoms with van der Waals surface area (Å²) in [4.78, 5) is 12.0. The van der Waals surface area contributed by atoms with Gasteiger partial charge in [-0.25, -0.2) is 0 Å². The molecule has 0 aliphatic carbocycles. The molecular formula is C12H26N2O2S. The smallest absolute Gasteiger partial charge is 0.227 e. The van der Waals surface area contributed by atoms with E-state index in [4.69, 9.17) is 5.73 Å². The van der Waals surface area contributed by atoms with Crippen molar-refractivity contribution in [3.63, 3.8) is 0 Å². The van der Waals surface area contributed by atoms with Crippen molar-refractivity contribution in [2.45, 2.75) is 51.8 Å². The SMILES string of the molecule is CC(CCNC(=O)C(C)(C)C(C)(C)N)S(C)=O. The summed E-state index contributed by atoms with van der Waals surface area (Å²) in [5, 5.41) is 2.96. The lowest BCUT2D eigenvalue weighted by atomic mass is 9.74. The first kappa shape index (κ1) is 16.6. The summed E-state index contributed by atoms with van der Waals surface area (Å²) in [6.07, 6.45) is 2.40. The van der Waals surface area contributed by atoms with Crippen LogP contribution >= 0.6 is 0 Å². The summed E-state index contributed by atoms with van der Waals surface area (Å²) < 4.78 is 11.2. The molecule has 4 nitrogen and oxygen atoms in total. The Bertz CT molecular complexity index is 295. The van der Waals surface area contributed by atoms with E-state index in [9.17, 15) is 9.00 Å². The largest absolute Gasteiger partial charge is 0.356 e. The predicted molar refractivity (Wildman–Crippen MR) is 73.2 cm³/mol. The third-order valence-corrected chi connectivity index (χ3v) is 4.95. The van der Waals surface area contributed by atoms with Gasteiger partial charge in [-0.05, 0) is 34.1 Å². The topological polar surface area (TPSA) is 72.2 Å². The van der Waals surface area contributed by atoms with E-state index < -0.39 is 21.8 Å². The highest BCUT2D eigenvalue weighted by Crippen LogP contribution is 2.28. The van der Waals surface area contributed by atoms with E-state index in [0.717, 1.165) is 6.42 Å². The molecule has 0 aliphatic rings. The third kappa shape index (κ3) is 4.76. The summed E-state index contributed by atoms with van der Waals surface area (Å²) >= 11 is 0. The molecule has 102 valence electrons. The molecule has 0 radical (unpaired) electrons. The first-order valence-electron chi connectivity index (χ1n) is 5.89. The fourth-order valence-electron chi connectivity index (χ4n) is 1.07. The minimum Gasteiger partial charge on any atom is -0.356 e. The fraction of sp³-hybridized carbons (Fsp3) is 0.917. The number of hydrogen-bond acceptors (Lipinski definition) is 3. The first-order valence-corrected chi connectivity index (χ1v) is 7.51. The van der Waals surface area contributed by atoms with Crippen LogP contribution in [-0.4, -0.2) is 33.7 Å². The maximum atomic E-state index is 12.0. The Balaban J connectivity index is 4.25. The molecular weight excluding hydrogens is 236 g/mol. The van der Waals surface area contributed by atoms with Crippen LogP contribution in [0.15, 0.2) is 0 Å². The number of nitrogens with one attached hydrogen (secondary N) is 1. The normalized spacial score (nSPS) is 16.4. The lowest BCUT2D eigenvalue weighted by Gasteiger charge is -2.37. The van der Waals surface area contributed by atoms with Gasteiger partial charge in [0.15, 0.2) is 0 Å². The Morgan fingerprint density at radius 1 is 1.35 bits per heavy atom. The zero-order valence-corrected chi connectivity index (χ0v) is 12.6. The van der Waals surface area contributed by atoms with E-state index in [2.05, 4.69) is 5.32 Å². The van der Waals surface area contributed by atoms with Gasteiger partial charge in [-0.3, -0.25) is 9.00 Å². The summed E-state index contributed by atoms with van der Waals surface area (Å²) in [5.74, 6) is -0.0564. The molecule has 0 aliphatic heterocycles. The van der Waals surface area contributed by atoms with Gasteiger partial charge < -0.3 is 11.1 Å². The van der Waals surface area contributed by atoms with E-state index in [1.807, 2.05) is 34.6 Å². The number of carbonyl (C=O) groups excluding carboxylic acids is 1. The molecule has 2 unspecified atom stereocenters. The molecule has 0 saturated carbocycles. The monoisotopic (exact) mass is 262 g/mol. The van der Waals surface area contributed by atoms with Crippen LogP contribution in [0.2, 0.25) is 0 Å². The zero-order chi connectivity index (χ0) is 13.9. The Kier molecular flexibility index (Phi) is 5.81. The lowest BCUT2D eigenvalue weighted by molar-refractivity contribution is -0.132. The van der Waals surface area contributed by atoms with E-state index in [1.165, 1.54) is 0 Å². The van der Waals surface area contributed by atoms with E-state index in [1.54, 1.807) is 6.26 Å². The van der Waals surface area contributed by atoms with Gasteiger partial charge in [0.05, 0.1) is 5.41 Å². The third-order valence-electron chi connectivity index (χ3n) is 3.58. The Labute approximate surface area is 107 Å². The molecule has 0 bridgehead atoms. The number of hydrogen-bond donors (Lipinski definition) is 2. The molecule has 0 aromatic heterocycles. The van der Waals surface area contributed by atoms with Crippen LogP contribution in [0.25, 0.3) is 0 Å². The van der Waals surface area contributed by atoms with Crippen LogP contribution < -0.4 is 11.1 Å². The minimum absolute atomic E-state index is 0.0564. The molecule has 0 rings (SSSR count). The van der Waals surface area contributed by atoms with E-state index >= 15 is 0 Å². The van der Waals surface area contributed by atoms with Crippen LogP contribution in [0, 0.1) is 5.41 Å². The first-order chi connectivity index (χ1) is 7.50. The van der Waals surface area contributed by atoms with Gasteiger partial charge in [0.25, 0.3) is 0 Å². The number of carbonyl (C=O) groups is 1. The van der Waals surface area contributed by atoms with Crippen molar-refractivity contribution in [3.8, 4) is 0 Å². The molecule has 1 amide bonds. The maximum Gasteiger partial charge on any atom is 0.227 e. The molecule has 0 saturated heterocycles. The number of rotatable bonds is 6. The zero-order valence-electron chi connectivity index (χ0n) is 11.8. The molecule has 0 spiro atoms. The van der Waals surface area contributed by atoms with E-state index in [-0.39, 0.29) is 11.2 Å². The molecule has 2 atom stereocenters. The summed E-state index contributed by atoms with van der Waals surface area (Å²) in [6, 6.07) is 0. The lowest BCUT2D eigenvalue weighted by Crippen LogP contribution is -2.55. The van der Waals surface area contributed by atoms with Crippen LogP contribution in [0.5, 0.6) is 0 Å². The van der Waals surface area contributed by atoms with E-state index in [0.29, 0.717) is 6.54 Å². The molecule has 0 aromatic carbocycles. The molecule has 3 N–H and O–H groups in total.